The van der Waals surface area contributed by atoms with Gasteiger partial charge in [0.05, 0.1) is 38.0 Å². The summed E-state index contributed by atoms with van der Waals surface area (Å²) in [7, 11) is -1.69. The first-order valence-electron chi connectivity index (χ1n) is 16.6. The van der Waals surface area contributed by atoms with E-state index < -0.39 is 31.5 Å². The number of esters is 1. The molecule has 5 atom stereocenters. The molecule has 0 saturated carbocycles. The van der Waals surface area contributed by atoms with E-state index in [1.807, 2.05) is 62.5 Å². The Kier molecular flexibility index (Phi) is 9.07. The first kappa shape index (κ1) is 33.3. The molecule has 47 heavy (non-hydrogen) atoms. The molecule has 3 amide bonds. The number of amides is 3. The highest BCUT2D eigenvalue weighted by Crippen LogP contribution is 2.60. The van der Waals surface area contributed by atoms with Crippen molar-refractivity contribution in [3.63, 3.8) is 0 Å². The third-order valence-corrected chi connectivity index (χ3v) is 13.1. The predicted molar refractivity (Wildman–Crippen MR) is 177 cm³/mol. The van der Waals surface area contributed by atoms with Crippen molar-refractivity contribution >= 4 is 43.4 Å². The Hall–Kier alpha value is -3.58. The van der Waals surface area contributed by atoms with Gasteiger partial charge in [-0.1, -0.05) is 31.2 Å². The average molecular weight is 664 g/mol. The number of hydrogen-bond acceptors (Lipinski definition) is 8. The standard InChI is InChI=1S/C35H45N3O8Si/c1-22-33(47(3,4)44)29(19-31(41)38-20-24-10-6-5-9-23(24)17-26(38)21-39)46-35(22)27-18-25(36-16-14-30(36)40)12-13-28(27)37(34(35)43)15-8-7-11-32(42)45-2/h5-6,9-10,12-13,18,22,26,29,33,39,44H,7-8,11,14-17,19-21H2,1-4H3/t22-,26+,29+,33-,35+/m1/s1. The van der Waals surface area contributed by atoms with Crippen LogP contribution < -0.4 is 9.80 Å². The van der Waals surface area contributed by atoms with Crippen LogP contribution in [0.2, 0.25) is 18.6 Å². The van der Waals surface area contributed by atoms with Gasteiger partial charge in [-0.25, -0.2) is 0 Å². The smallest absolute Gasteiger partial charge is 0.305 e. The third kappa shape index (κ3) is 5.79. The SMILES string of the molecule is COC(=O)CCCCN1C(=O)[C@@]2(O[C@@H](CC(=O)N3Cc4ccccc4C[C@H]3CO)[C@H]([Si](C)(C)O)[C@H]2C)c2cc(N3CCC3=O)ccc21. The summed E-state index contributed by atoms with van der Waals surface area (Å²) in [6.07, 6.45) is 1.56. The Balaban J connectivity index is 1.34. The van der Waals surface area contributed by atoms with E-state index in [-0.39, 0.29) is 49.2 Å². The number of carbonyl (C=O) groups is 4. The van der Waals surface area contributed by atoms with Gasteiger partial charge >= 0.3 is 5.97 Å². The lowest BCUT2D eigenvalue weighted by Gasteiger charge is -2.37. The molecule has 0 unspecified atom stereocenters. The number of anilines is 2. The van der Waals surface area contributed by atoms with Crippen molar-refractivity contribution in [1.82, 2.24) is 4.90 Å². The number of fused-ring (bicyclic) bond motifs is 3. The molecular formula is C35H45N3O8Si. The maximum atomic E-state index is 14.7. The normalized spacial score (nSPS) is 26.8. The lowest BCUT2D eigenvalue weighted by atomic mass is 9.82. The van der Waals surface area contributed by atoms with E-state index in [1.165, 1.54) is 7.11 Å². The molecule has 2 aromatic carbocycles. The van der Waals surface area contributed by atoms with Crippen molar-refractivity contribution in [2.24, 2.45) is 5.92 Å². The van der Waals surface area contributed by atoms with E-state index in [4.69, 9.17) is 9.47 Å². The summed E-state index contributed by atoms with van der Waals surface area (Å²) in [4.78, 5) is 69.7. The maximum Gasteiger partial charge on any atom is 0.305 e. The molecule has 0 radical (unpaired) electrons. The Labute approximate surface area is 276 Å². The van der Waals surface area contributed by atoms with Gasteiger partial charge in [0.1, 0.15) is 0 Å². The third-order valence-electron chi connectivity index (χ3n) is 10.6. The molecule has 0 aromatic heterocycles. The monoisotopic (exact) mass is 663 g/mol. The van der Waals surface area contributed by atoms with E-state index in [9.17, 15) is 29.1 Å². The van der Waals surface area contributed by atoms with Crippen LogP contribution in [0.25, 0.3) is 0 Å². The molecule has 11 nitrogen and oxygen atoms in total. The van der Waals surface area contributed by atoms with Crippen LogP contribution in [0, 0.1) is 5.92 Å². The Morgan fingerprint density at radius 2 is 1.85 bits per heavy atom. The number of nitrogens with zero attached hydrogens (tertiary/aromatic N) is 3. The molecule has 0 bridgehead atoms. The zero-order valence-electron chi connectivity index (χ0n) is 27.6. The molecule has 6 rings (SSSR count). The first-order valence-corrected chi connectivity index (χ1v) is 19.6. The molecule has 1 spiro atoms. The van der Waals surface area contributed by atoms with Crippen molar-refractivity contribution in [2.45, 2.75) is 88.4 Å². The number of ether oxygens (including phenoxy) is 2. The lowest BCUT2D eigenvalue weighted by Crippen LogP contribution is -2.48. The van der Waals surface area contributed by atoms with Gasteiger partial charge in [0.15, 0.2) is 13.9 Å². The zero-order valence-corrected chi connectivity index (χ0v) is 28.6. The summed E-state index contributed by atoms with van der Waals surface area (Å²) in [5.74, 6) is -1.23. The molecule has 4 aliphatic heterocycles. The van der Waals surface area contributed by atoms with Gasteiger partial charge in [-0.3, -0.25) is 19.2 Å². The topological polar surface area (TPSA) is 137 Å². The fourth-order valence-corrected chi connectivity index (χ4v) is 10.8. The number of methoxy groups -OCH3 is 1. The van der Waals surface area contributed by atoms with Crippen molar-refractivity contribution < 1.29 is 38.6 Å². The van der Waals surface area contributed by atoms with E-state index in [1.54, 1.807) is 14.7 Å². The van der Waals surface area contributed by atoms with E-state index in [0.717, 1.165) is 11.1 Å². The summed E-state index contributed by atoms with van der Waals surface area (Å²) in [6.45, 7) is 6.70. The second-order valence-corrected chi connectivity index (χ2v) is 17.9. The number of aliphatic hydroxyl groups excluding tert-OH is 1. The van der Waals surface area contributed by atoms with Crippen LogP contribution in [0.5, 0.6) is 0 Å². The van der Waals surface area contributed by atoms with E-state index >= 15 is 0 Å². The fraction of sp³-hybridized carbons (Fsp3) is 0.543. The highest BCUT2D eigenvalue weighted by Gasteiger charge is 2.66. The number of carbonyl (C=O) groups excluding carboxylic acids is 4. The second kappa shape index (κ2) is 12.8. The highest BCUT2D eigenvalue weighted by molar-refractivity contribution is 6.71. The van der Waals surface area contributed by atoms with Gasteiger partial charge in [0.2, 0.25) is 11.8 Å². The number of aliphatic hydroxyl groups is 1. The lowest BCUT2D eigenvalue weighted by molar-refractivity contribution is -0.151. The van der Waals surface area contributed by atoms with Crippen LogP contribution in [0.15, 0.2) is 42.5 Å². The second-order valence-electron chi connectivity index (χ2n) is 13.9. The molecule has 2 aromatic rings. The Morgan fingerprint density at radius 3 is 2.49 bits per heavy atom. The molecule has 252 valence electrons. The van der Waals surface area contributed by atoms with Crippen LogP contribution in [0.4, 0.5) is 11.4 Å². The van der Waals surface area contributed by atoms with Crippen molar-refractivity contribution in [3.8, 4) is 0 Å². The van der Waals surface area contributed by atoms with Gasteiger partial charge in [-0.05, 0) is 61.7 Å². The molecule has 2 N–H and O–H groups in total. The van der Waals surface area contributed by atoms with Gasteiger partial charge in [0.25, 0.3) is 5.91 Å². The summed E-state index contributed by atoms with van der Waals surface area (Å²) in [5, 5.41) is 10.2. The quantitative estimate of drug-likeness (QED) is 0.171. The molecule has 4 aliphatic rings. The van der Waals surface area contributed by atoms with Crippen LogP contribution in [0.3, 0.4) is 0 Å². The van der Waals surface area contributed by atoms with Crippen molar-refractivity contribution in [2.75, 3.05) is 36.6 Å². The first-order chi connectivity index (χ1) is 22.4. The molecule has 2 saturated heterocycles. The van der Waals surface area contributed by atoms with E-state index in [0.29, 0.717) is 62.3 Å². The Bertz CT molecular complexity index is 1580. The van der Waals surface area contributed by atoms with Crippen molar-refractivity contribution in [3.05, 3.63) is 59.2 Å². The zero-order chi connectivity index (χ0) is 33.7. The number of benzene rings is 2. The van der Waals surface area contributed by atoms with Gasteiger partial charge in [-0.2, -0.15) is 0 Å². The molecule has 0 aliphatic carbocycles. The summed E-state index contributed by atoms with van der Waals surface area (Å²) in [5.41, 5.74) is 2.22. The van der Waals surface area contributed by atoms with Crippen LogP contribution >= 0.6 is 0 Å². The van der Waals surface area contributed by atoms with Crippen LogP contribution in [0.1, 0.15) is 55.7 Å². The Morgan fingerprint density at radius 1 is 1.11 bits per heavy atom. The summed E-state index contributed by atoms with van der Waals surface area (Å²) >= 11 is 0. The fourth-order valence-electron chi connectivity index (χ4n) is 8.22. The van der Waals surface area contributed by atoms with E-state index in [2.05, 4.69) is 0 Å². The van der Waals surface area contributed by atoms with Gasteiger partial charge < -0.3 is 34.1 Å². The maximum absolute atomic E-state index is 14.7. The number of unbranched alkanes of at least 4 members (excludes halogenated alkanes) is 1. The van der Waals surface area contributed by atoms with Gasteiger partial charge in [0, 0.05) is 55.2 Å². The summed E-state index contributed by atoms with van der Waals surface area (Å²) < 4.78 is 11.7. The molecular weight excluding hydrogens is 618 g/mol. The minimum Gasteiger partial charge on any atom is -0.469 e. The summed E-state index contributed by atoms with van der Waals surface area (Å²) in [6, 6.07) is 13.1. The largest absolute Gasteiger partial charge is 0.469 e. The highest BCUT2D eigenvalue weighted by atomic mass is 28.4. The minimum absolute atomic E-state index is 0.00942. The number of β-lactam (4-membered cyclic amide) rings is 1. The molecule has 2 fully saturated rings. The van der Waals surface area contributed by atoms with Gasteiger partial charge in [-0.15, -0.1) is 0 Å². The molecule has 12 heteroatoms. The van der Waals surface area contributed by atoms with Crippen LogP contribution in [-0.2, 0) is 47.2 Å². The average Bonchev–Trinajstić information content (AvgIpc) is 3.47. The molecule has 4 heterocycles. The number of rotatable bonds is 10. The van der Waals surface area contributed by atoms with Crippen molar-refractivity contribution in [1.29, 1.82) is 0 Å². The predicted octanol–water partition coefficient (Wildman–Crippen LogP) is 3.25. The van der Waals surface area contributed by atoms with Crippen LogP contribution in [-0.4, -0.2) is 85.8 Å². The minimum atomic E-state index is -3.04. The number of hydrogen-bond donors (Lipinski definition) is 2.